The third kappa shape index (κ3) is 4.04. The number of carboxylic acid groups (broad SMARTS) is 1. The van der Waals surface area contributed by atoms with E-state index >= 15 is 0 Å². The molecule has 1 aliphatic heterocycles. The predicted octanol–water partition coefficient (Wildman–Crippen LogP) is 4.84. The van der Waals surface area contributed by atoms with Crippen LogP contribution < -0.4 is 0 Å². The molecule has 0 spiro atoms. The van der Waals surface area contributed by atoms with Crippen LogP contribution in [0.3, 0.4) is 0 Å². The monoisotopic (exact) mass is 498 g/mol. The van der Waals surface area contributed by atoms with Crippen LogP contribution in [0.5, 0.6) is 0 Å². The number of aryl methyl sites for hydroxylation is 3. The summed E-state index contributed by atoms with van der Waals surface area (Å²) in [4.78, 5) is 31.9. The Bertz CT molecular complexity index is 1380. The van der Waals surface area contributed by atoms with E-state index in [9.17, 15) is 27.9 Å². The van der Waals surface area contributed by atoms with Crippen molar-refractivity contribution in [3.8, 4) is 11.3 Å². The number of aromatic nitrogens is 3. The van der Waals surface area contributed by atoms with Crippen LogP contribution in [0.4, 0.5) is 13.2 Å². The molecule has 5 rings (SSSR count). The molecule has 1 amide bonds. The number of rotatable bonds is 4. The largest absolute Gasteiger partial charge is 0.478 e. The summed E-state index contributed by atoms with van der Waals surface area (Å²) in [7, 11) is 1.37. The zero-order valence-corrected chi connectivity index (χ0v) is 19.9. The van der Waals surface area contributed by atoms with Crippen LogP contribution >= 0.6 is 0 Å². The molecular formula is C26H25F3N4O3. The average molecular weight is 499 g/mol. The summed E-state index contributed by atoms with van der Waals surface area (Å²) in [6.07, 6.45) is 1.60. The molecule has 3 aromatic rings. The topological polar surface area (TPSA) is 88.3 Å². The maximum Gasteiger partial charge on any atom is 0.420 e. The van der Waals surface area contributed by atoms with Crippen LogP contribution in [0.1, 0.15) is 74.5 Å². The second kappa shape index (κ2) is 8.76. The fraction of sp³-hybridized carbons (Fsp3) is 0.385. The molecule has 2 aromatic heterocycles. The highest BCUT2D eigenvalue weighted by molar-refractivity contribution is 6.02. The number of pyridine rings is 1. The summed E-state index contributed by atoms with van der Waals surface area (Å²) in [5.74, 6) is -1.70. The SMILES string of the molecule is CCc1cc2c(cn1)CCC[C@@H]2N1CCc2c(cc(C(=O)O)cc2-c2nn(C)cc2C(F)(F)F)C1=O. The molecule has 7 nitrogen and oxygen atoms in total. The van der Waals surface area contributed by atoms with E-state index in [0.717, 1.165) is 53.4 Å². The minimum absolute atomic E-state index is 0.0346. The van der Waals surface area contributed by atoms with E-state index in [1.165, 1.54) is 19.2 Å². The van der Waals surface area contributed by atoms with Crippen LogP contribution in [0.15, 0.2) is 30.6 Å². The van der Waals surface area contributed by atoms with Gasteiger partial charge in [-0.1, -0.05) is 6.92 Å². The van der Waals surface area contributed by atoms with Crippen LogP contribution in [-0.2, 0) is 32.5 Å². The number of hydrogen-bond donors (Lipinski definition) is 1. The molecule has 0 bridgehead atoms. The lowest BCUT2D eigenvalue weighted by molar-refractivity contribution is -0.137. The first-order chi connectivity index (χ1) is 17.1. The van der Waals surface area contributed by atoms with Gasteiger partial charge in [-0.05, 0) is 67.0 Å². The zero-order valence-electron chi connectivity index (χ0n) is 19.9. The van der Waals surface area contributed by atoms with Gasteiger partial charge in [-0.3, -0.25) is 14.5 Å². The Kier molecular flexibility index (Phi) is 5.84. The van der Waals surface area contributed by atoms with E-state index in [4.69, 9.17) is 0 Å². The highest BCUT2D eigenvalue weighted by Crippen LogP contribution is 2.42. The second-order valence-corrected chi connectivity index (χ2v) is 9.30. The molecule has 10 heteroatoms. The van der Waals surface area contributed by atoms with Crippen molar-refractivity contribution in [2.75, 3.05) is 6.54 Å². The second-order valence-electron chi connectivity index (χ2n) is 9.30. The van der Waals surface area contributed by atoms with Crippen molar-refractivity contribution in [3.05, 3.63) is 69.7 Å². The van der Waals surface area contributed by atoms with Crippen molar-refractivity contribution in [2.24, 2.45) is 7.05 Å². The Hall–Kier alpha value is -3.69. The van der Waals surface area contributed by atoms with Crippen molar-refractivity contribution in [2.45, 2.75) is 51.2 Å². The Morgan fingerprint density at radius 3 is 2.64 bits per heavy atom. The molecule has 0 unspecified atom stereocenters. The summed E-state index contributed by atoms with van der Waals surface area (Å²) in [5.41, 5.74) is 2.02. The van der Waals surface area contributed by atoms with Gasteiger partial charge in [0.05, 0.1) is 11.6 Å². The molecule has 1 N–H and O–H groups in total. The third-order valence-electron chi connectivity index (χ3n) is 7.08. The summed E-state index contributed by atoms with van der Waals surface area (Å²) in [5, 5.41) is 13.7. The number of alkyl halides is 3. The van der Waals surface area contributed by atoms with E-state index in [1.807, 2.05) is 19.2 Å². The van der Waals surface area contributed by atoms with Crippen LogP contribution in [-0.4, -0.2) is 43.2 Å². The average Bonchev–Trinajstić information content (AvgIpc) is 3.25. The number of carboxylic acids is 1. The lowest BCUT2D eigenvalue weighted by Gasteiger charge is -2.39. The highest BCUT2D eigenvalue weighted by atomic mass is 19.4. The van der Waals surface area contributed by atoms with E-state index in [2.05, 4.69) is 10.1 Å². The van der Waals surface area contributed by atoms with E-state index < -0.39 is 17.7 Å². The maximum atomic E-state index is 13.8. The molecule has 3 heterocycles. The molecule has 188 valence electrons. The number of carbonyl (C=O) groups is 2. The Morgan fingerprint density at radius 2 is 1.94 bits per heavy atom. The fourth-order valence-electron chi connectivity index (χ4n) is 5.37. The van der Waals surface area contributed by atoms with Crippen molar-refractivity contribution in [1.82, 2.24) is 19.7 Å². The molecule has 36 heavy (non-hydrogen) atoms. The lowest BCUT2D eigenvalue weighted by Crippen LogP contribution is -2.42. The smallest absolute Gasteiger partial charge is 0.420 e. The maximum absolute atomic E-state index is 13.8. The van der Waals surface area contributed by atoms with Gasteiger partial charge in [0.1, 0.15) is 11.3 Å². The first-order valence-corrected chi connectivity index (χ1v) is 11.9. The van der Waals surface area contributed by atoms with Gasteiger partial charge in [-0.2, -0.15) is 18.3 Å². The van der Waals surface area contributed by atoms with Gasteiger partial charge in [0.15, 0.2) is 0 Å². The number of aromatic carboxylic acids is 1. The molecule has 1 aromatic carbocycles. The van der Waals surface area contributed by atoms with Crippen molar-refractivity contribution in [3.63, 3.8) is 0 Å². The molecule has 0 radical (unpaired) electrons. The molecule has 0 saturated heterocycles. The van der Waals surface area contributed by atoms with E-state index in [-0.39, 0.29) is 34.3 Å². The zero-order chi connectivity index (χ0) is 25.8. The summed E-state index contributed by atoms with van der Waals surface area (Å²) >= 11 is 0. The van der Waals surface area contributed by atoms with Crippen molar-refractivity contribution in [1.29, 1.82) is 0 Å². The summed E-state index contributed by atoms with van der Waals surface area (Å²) in [6.45, 7) is 2.32. The van der Waals surface area contributed by atoms with Gasteiger partial charge in [-0.25, -0.2) is 4.79 Å². The van der Waals surface area contributed by atoms with Gasteiger partial charge in [0.2, 0.25) is 0 Å². The molecule has 0 fully saturated rings. The number of nitrogens with zero attached hydrogens (tertiary/aromatic N) is 4. The molecule has 0 saturated carbocycles. The number of carbonyl (C=O) groups excluding carboxylic acids is 1. The number of fused-ring (bicyclic) bond motifs is 2. The Labute approximate surface area is 205 Å². The number of halogens is 3. The van der Waals surface area contributed by atoms with Gasteiger partial charge in [-0.15, -0.1) is 0 Å². The first kappa shape index (κ1) is 24.0. The van der Waals surface area contributed by atoms with Gasteiger partial charge in [0.25, 0.3) is 5.91 Å². The Balaban J connectivity index is 1.63. The molecule has 2 aliphatic rings. The van der Waals surface area contributed by atoms with Crippen LogP contribution in [0.2, 0.25) is 0 Å². The minimum atomic E-state index is -4.68. The highest BCUT2D eigenvalue weighted by Gasteiger charge is 2.39. The molecular weight excluding hydrogens is 473 g/mol. The molecule has 1 atom stereocenters. The first-order valence-electron chi connectivity index (χ1n) is 11.9. The van der Waals surface area contributed by atoms with Crippen molar-refractivity contribution >= 4 is 11.9 Å². The number of amides is 1. The standard InChI is InChI=1S/C26H25F3N4O3/c1-3-16-11-18-14(12-30-16)5-4-6-22(18)33-8-7-17-19(9-15(25(35)36)10-20(17)24(33)34)23-21(26(27,28)29)13-32(2)31-23/h9-13,22H,3-8H2,1-2H3,(H,35,36)/t22-/m0/s1. The van der Waals surface area contributed by atoms with Crippen LogP contribution in [0, 0.1) is 0 Å². The Morgan fingerprint density at radius 1 is 1.19 bits per heavy atom. The quantitative estimate of drug-likeness (QED) is 0.556. The molecule has 1 aliphatic carbocycles. The minimum Gasteiger partial charge on any atom is -0.478 e. The lowest BCUT2D eigenvalue weighted by atomic mass is 9.84. The third-order valence-corrected chi connectivity index (χ3v) is 7.08. The summed E-state index contributed by atoms with van der Waals surface area (Å²) in [6, 6.07) is 4.31. The fourth-order valence-corrected chi connectivity index (χ4v) is 5.37. The number of benzene rings is 1. The van der Waals surface area contributed by atoms with E-state index in [0.29, 0.717) is 18.5 Å². The van der Waals surface area contributed by atoms with Crippen LogP contribution in [0.25, 0.3) is 11.3 Å². The van der Waals surface area contributed by atoms with E-state index in [1.54, 1.807) is 4.90 Å². The van der Waals surface area contributed by atoms with Crippen molar-refractivity contribution < 1.29 is 27.9 Å². The number of hydrogen-bond acceptors (Lipinski definition) is 4. The van der Waals surface area contributed by atoms with Gasteiger partial charge in [0, 0.05) is 42.8 Å². The summed E-state index contributed by atoms with van der Waals surface area (Å²) < 4.78 is 42.4. The predicted molar refractivity (Wildman–Crippen MR) is 125 cm³/mol. The normalized spacial score (nSPS) is 17.6. The van der Waals surface area contributed by atoms with Gasteiger partial charge < -0.3 is 10.0 Å². The van der Waals surface area contributed by atoms with Gasteiger partial charge >= 0.3 is 12.1 Å².